The lowest BCUT2D eigenvalue weighted by atomic mass is 10.1. The second-order valence-electron chi connectivity index (χ2n) is 6.51. The highest BCUT2D eigenvalue weighted by atomic mass is 16.5. The number of nitrogens with zero attached hydrogens (tertiary/aromatic N) is 3. The van der Waals surface area contributed by atoms with E-state index in [1.807, 2.05) is 0 Å². The molecular weight excluding hydrogens is 358 g/mol. The molecule has 0 aromatic heterocycles. The average Bonchev–Trinajstić information content (AvgIpc) is 2.73. The molecule has 1 aliphatic heterocycles. The van der Waals surface area contributed by atoms with Gasteiger partial charge in [-0.15, -0.1) is 13.2 Å². The fourth-order valence-corrected chi connectivity index (χ4v) is 3.14. The molecule has 0 bridgehead atoms. The minimum Gasteiger partial charge on any atom is -0.493 e. The van der Waals surface area contributed by atoms with Crippen molar-refractivity contribution in [2.75, 3.05) is 60.0 Å². The van der Waals surface area contributed by atoms with E-state index in [0.717, 1.165) is 0 Å². The first-order chi connectivity index (χ1) is 13.5. The molecule has 1 aromatic rings. The first kappa shape index (κ1) is 21.5. The number of amides is 2. The number of benzene rings is 1. The van der Waals surface area contributed by atoms with Crippen molar-refractivity contribution in [3.8, 4) is 11.5 Å². The van der Waals surface area contributed by atoms with Gasteiger partial charge in [-0.1, -0.05) is 12.2 Å². The molecule has 1 saturated heterocycles. The van der Waals surface area contributed by atoms with Crippen molar-refractivity contribution < 1.29 is 19.1 Å². The molecule has 1 aromatic carbocycles. The zero-order chi connectivity index (χ0) is 20.5. The standard InChI is InChI=1S/C21H29N3O4/c1-5-9-23(10-6-2)20(25)16-22-11-13-24(14-12-22)21(26)17-7-8-18(27-3)19(15-17)28-4/h5-8,15H,1-2,9-14,16H2,3-4H3. The maximum absolute atomic E-state index is 12.8. The van der Waals surface area contributed by atoms with E-state index in [4.69, 9.17) is 9.47 Å². The minimum absolute atomic E-state index is 0.0412. The number of ether oxygens (including phenoxy) is 2. The van der Waals surface area contributed by atoms with Gasteiger partial charge in [0.1, 0.15) is 0 Å². The summed E-state index contributed by atoms with van der Waals surface area (Å²) in [4.78, 5) is 30.8. The number of carbonyl (C=O) groups excluding carboxylic acids is 2. The van der Waals surface area contributed by atoms with E-state index in [-0.39, 0.29) is 11.8 Å². The van der Waals surface area contributed by atoms with Crippen LogP contribution in [0.15, 0.2) is 43.5 Å². The van der Waals surface area contributed by atoms with Gasteiger partial charge in [-0.2, -0.15) is 0 Å². The molecule has 2 amide bonds. The maximum atomic E-state index is 12.8. The molecule has 0 atom stereocenters. The third kappa shape index (κ3) is 5.36. The molecule has 0 aliphatic carbocycles. The van der Waals surface area contributed by atoms with Crippen LogP contribution in [-0.2, 0) is 4.79 Å². The van der Waals surface area contributed by atoms with Crippen LogP contribution >= 0.6 is 0 Å². The maximum Gasteiger partial charge on any atom is 0.254 e. The summed E-state index contributed by atoms with van der Waals surface area (Å²) in [6.45, 7) is 11.2. The van der Waals surface area contributed by atoms with Crippen LogP contribution in [0.4, 0.5) is 0 Å². The van der Waals surface area contributed by atoms with Crippen molar-refractivity contribution in [3.63, 3.8) is 0 Å². The summed E-state index contributed by atoms with van der Waals surface area (Å²) in [5.74, 6) is 1.11. The highest BCUT2D eigenvalue weighted by molar-refractivity contribution is 5.95. The van der Waals surface area contributed by atoms with Crippen LogP contribution in [0.3, 0.4) is 0 Å². The van der Waals surface area contributed by atoms with Gasteiger partial charge in [-0.05, 0) is 18.2 Å². The summed E-state index contributed by atoms with van der Waals surface area (Å²) in [6.07, 6.45) is 3.42. The van der Waals surface area contributed by atoms with E-state index in [2.05, 4.69) is 18.1 Å². The van der Waals surface area contributed by atoms with Gasteiger partial charge in [-0.3, -0.25) is 14.5 Å². The van der Waals surface area contributed by atoms with E-state index in [9.17, 15) is 9.59 Å². The molecule has 152 valence electrons. The number of methoxy groups -OCH3 is 2. The van der Waals surface area contributed by atoms with Crippen molar-refractivity contribution in [1.29, 1.82) is 0 Å². The van der Waals surface area contributed by atoms with Gasteiger partial charge in [0.25, 0.3) is 5.91 Å². The van der Waals surface area contributed by atoms with E-state index in [1.54, 1.807) is 54.4 Å². The van der Waals surface area contributed by atoms with E-state index in [0.29, 0.717) is 62.9 Å². The van der Waals surface area contributed by atoms with Crippen LogP contribution in [0.25, 0.3) is 0 Å². The molecular formula is C21H29N3O4. The minimum atomic E-state index is -0.0492. The van der Waals surface area contributed by atoms with Gasteiger partial charge >= 0.3 is 0 Å². The Hall–Kier alpha value is -2.80. The fourth-order valence-electron chi connectivity index (χ4n) is 3.14. The van der Waals surface area contributed by atoms with Gasteiger partial charge in [-0.25, -0.2) is 0 Å². The lowest BCUT2D eigenvalue weighted by Crippen LogP contribution is -2.51. The lowest BCUT2D eigenvalue weighted by Gasteiger charge is -2.35. The first-order valence-corrected chi connectivity index (χ1v) is 9.27. The summed E-state index contributed by atoms with van der Waals surface area (Å²) < 4.78 is 10.5. The zero-order valence-corrected chi connectivity index (χ0v) is 16.7. The highest BCUT2D eigenvalue weighted by Crippen LogP contribution is 2.28. The van der Waals surface area contributed by atoms with E-state index in [1.165, 1.54) is 0 Å². The molecule has 0 N–H and O–H groups in total. The monoisotopic (exact) mass is 387 g/mol. The van der Waals surface area contributed by atoms with Gasteiger partial charge in [0, 0.05) is 44.8 Å². The van der Waals surface area contributed by atoms with Crippen LogP contribution in [0.5, 0.6) is 11.5 Å². The van der Waals surface area contributed by atoms with Gasteiger partial charge in [0.15, 0.2) is 11.5 Å². The second-order valence-corrected chi connectivity index (χ2v) is 6.51. The van der Waals surface area contributed by atoms with Crippen LogP contribution < -0.4 is 9.47 Å². The largest absolute Gasteiger partial charge is 0.493 e. The van der Waals surface area contributed by atoms with E-state index < -0.39 is 0 Å². The van der Waals surface area contributed by atoms with Crippen LogP contribution in [0.2, 0.25) is 0 Å². The Morgan fingerprint density at radius 2 is 1.64 bits per heavy atom. The number of hydrogen-bond acceptors (Lipinski definition) is 5. The van der Waals surface area contributed by atoms with Crippen LogP contribution in [0, 0.1) is 0 Å². The topological polar surface area (TPSA) is 62.3 Å². The molecule has 1 aliphatic rings. The predicted molar refractivity (Wildman–Crippen MR) is 109 cm³/mol. The third-order valence-electron chi connectivity index (χ3n) is 4.70. The summed E-state index contributed by atoms with van der Waals surface area (Å²) in [5.41, 5.74) is 0.560. The average molecular weight is 387 g/mol. The first-order valence-electron chi connectivity index (χ1n) is 9.27. The van der Waals surface area contributed by atoms with Crippen molar-refractivity contribution in [3.05, 3.63) is 49.1 Å². The van der Waals surface area contributed by atoms with Crippen molar-refractivity contribution in [2.24, 2.45) is 0 Å². The number of piperazine rings is 1. The molecule has 7 nitrogen and oxygen atoms in total. The Morgan fingerprint density at radius 1 is 1.04 bits per heavy atom. The van der Waals surface area contributed by atoms with Crippen molar-refractivity contribution >= 4 is 11.8 Å². The summed E-state index contributed by atoms with van der Waals surface area (Å²) in [7, 11) is 3.11. The molecule has 1 heterocycles. The van der Waals surface area contributed by atoms with Gasteiger partial charge in [0.2, 0.25) is 5.91 Å². The molecule has 2 rings (SSSR count). The van der Waals surface area contributed by atoms with Gasteiger partial charge in [0.05, 0.1) is 20.8 Å². The molecule has 0 spiro atoms. The number of carbonyl (C=O) groups is 2. The molecule has 0 radical (unpaired) electrons. The Bertz CT molecular complexity index is 702. The van der Waals surface area contributed by atoms with E-state index >= 15 is 0 Å². The Kier molecular flexibility index (Phi) is 8.07. The Balaban J connectivity index is 1.92. The molecule has 1 fully saturated rings. The summed E-state index contributed by atoms with van der Waals surface area (Å²) >= 11 is 0. The predicted octanol–water partition coefficient (Wildman–Crippen LogP) is 1.66. The SMILES string of the molecule is C=CCN(CC=C)C(=O)CN1CCN(C(=O)c2ccc(OC)c(OC)c2)CC1. The summed E-state index contributed by atoms with van der Waals surface area (Å²) in [5, 5.41) is 0. The molecule has 0 unspecified atom stereocenters. The molecule has 28 heavy (non-hydrogen) atoms. The highest BCUT2D eigenvalue weighted by Gasteiger charge is 2.25. The smallest absolute Gasteiger partial charge is 0.254 e. The Labute approximate surface area is 166 Å². The summed E-state index contributed by atoms with van der Waals surface area (Å²) in [6, 6.07) is 5.16. The molecule has 7 heteroatoms. The molecule has 0 saturated carbocycles. The quantitative estimate of drug-likeness (QED) is 0.603. The number of rotatable bonds is 9. The zero-order valence-electron chi connectivity index (χ0n) is 16.7. The normalized spacial score (nSPS) is 14.3. The van der Waals surface area contributed by atoms with Crippen molar-refractivity contribution in [2.45, 2.75) is 0 Å². The lowest BCUT2D eigenvalue weighted by molar-refractivity contribution is -0.131. The third-order valence-corrected chi connectivity index (χ3v) is 4.70. The second kappa shape index (κ2) is 10.5. The van der Waals surface area contributed by atoms with Crippen molar-refractivity contribution in [1.82, 2.24) is 14.7 Å². The van der Waals surface area contributed by atoms with Crippen LogP contribution in [0.1, 0.15) is 10.4 Å². The number of hydrogen-bond donors (Lipinski definition) is 0. The van der Waals surface area contributed by atoms with Crippen LogP contribution in [-0.4, -0.2) is 86.5 Å². The van der Waals surface area contributed by atoms with Gasteiger partial charge < -0.3 is 19.3 Å². The Morgan fingerprint density at radius 3 is 2.18 bits per heavy atom. The fraction of sp³-hybridized carbons (Fsp3) is 0.429.